The molecule has 4 atom stereocenters. The maximum atomic E-state index is 10.7. The minimum atomic E-state index is -1.44. The number of carbonyl (C=O) groups is 1. The normalized spacial score (nSPS) is 33.6. The second-order valence-electron chi connectivity index (χ2n) is 4.13. The van der Waals surface area contributed by atoms with Crippen LogP contribution >= 0.6 is 0 Å². The van der Waals surface area contributed by atoms with Crippen LogP contribution in [0.5, 0.6) is 0 Å². The summed E-state index contributed by atoms with van der Waals surface area (Å²) in [6.45, 7) is 0.0425. The van der Waals surface area contributed by atoms with Crippen LogP contribution in [0.4, 0.5) is 0 Å². The van der Waals surface area contributed by atoms with Crippen molar-refractivity contribution < 1.29 is 24.9 Å². The van der Waals surface area contributed by atoms with Crippen LogP contribution in [0.2, 0.25) is 0 Å². The Balaban J connectivity index is 2.16. The van der Waals surface area contributed by atoms with E-state index in [0.29, 0.717) is 5.56 Å². The van der Waals surface area contributed by atoms with Crippen molar-refractivity contribution in [3.8, 4) is 0 Å². The first-order valence-electron chi connectivity index (χ1n) is 5.20. The van der Waals surface area contributed by atoms with Gasteiger partial charge >= 0.3 is 5.97 Å². The van der Waals surface area contributed by atoms with Gasteiger partial charge in [-0.1, -0.05) is 0 Å². The van der Waals surface area contributed by atoms with E-state index in [1.165, 1.54) is 0 Å². The molecule has 0 saturated carbocycles. The molecular formula is C10H14N2O5. The molecule has 0 bridgehead atoms. The molecule has 2 heterocycles. The number of aliphatic hydroxyl groups is 2. The predicted octanol–water partition coefficient (Wildman–Crippen LogP) is -1.29. The van der Waals surface area contributed by atoms with E-state index in [-0.39, 0.29) is 6.61 Å². The average Bonchev–Trinajstić information content (AvgIpc) is 2.68. The number of aliphatic carboxylic acids is 1. The van der Waals surface area contributed by atoms with E-state index >= 15 is 0 Å². The van der Waals surface area contributed by atoms with Crippen LogP contribution in [-0.2, 0) is 16.6 Å². The molecule has 1 aromatic rings. The molecule has 0 spiro atoms. The van der Waals surface area contributed by atoms with Crippen molar-refractivity contribution in [3.63, 3.8) is 0 Å². The lowest BCUT2D eigenvalue weighted by atomic mass is 9.88. The molecule has 7 heteroatoms. The van der Waals surface area contributed by atoms with Crippen molar-refractivity contribution in [1.29, 1.82) is 0 Å². The minimum absolute atomic E-state index is 0.0425. The number of carboxylic acid groups (broad SMARTS) is 1. The van der Waals surface area contributed by atoms with Gasteiger partial charge in [0.25, 0.3) is 0 Å². The molecule has 0 aliphatic carbocycles. The zero-order chi connectivity index (χ0) is 12.6. The zero-order valence-corrected chi connectivity index (χ0v) is 9.22. The van der Waals surface area contributed by atoms with Gasteiger partial charge in [0.1, 0.15) is 6.10 Å². The fraction of sp³-hybridized carbons (Fsp3) is 0.600. The van der Waals surface area contributed by atoms with Crippen LogP contribution in [-0.4, -0.2) is 56.0 Å². The molecule has 0 amide bonds. The number of hydrogen-bond acceptors (Lipinski definition) is 5. The Morgan fingerprint density at radius 3 is 2.76 bits per heavy atom. The molecule has 7 nitrogen and oxygen atoms in total. The van der Waals surface area contributed by atoms with Crippen LogP contribution in [0, 0.1) is 0 Å². The van der Waals surface area contributed by atoms with Gasteiger partial charge in [-0.2, -0.15) is 5.10 Å². The molecule has 1 aliphatic rings. The average molecular weight is 242 g/mol. The number of aryl methyl sites for hydroxylation is 1. The summed E-state index contributed by atoms with van der Waals surface area (Å²) >= 11 is 0. The smallest absolute Gasteiger partial charge is 0.335 e. The zero-order valence-electron chi connectivity index (χ0n) is 9.22. The van der Waals surface area contributed by atoms with Gasteiger partial charge in [0.05, 0.1) is 18.9 Å². The Hall–Kier alpha value is -1.44. The number of nitrogens with zero attached hydrogens (tertiary/aromatic N) is 2. The largest absolute Gasteiger partial charge is 0.479 e. The summed E-state index contributed by atoms with van der Waals surface area (Å²) in [7, 11) is 1.73. The molecular weight excluding hydrogens is 228 g/mol. The summed E-state index contributed by atoms with van der Waals surface area (Å²) in [5, 5.41) is 32.3. The van der Waals surface area contributed by atoms with E-state index in [1.54, 1.807) is 24.1 Å². The lowest BCUT2D eigenvalue weighted by Crippen LogP contribution is -2.52. The first-order chi connectivity index (χ1) is 8.00. The second kappa shape index (κ2) is 4.44. The maximum Gasteiger partial charge on any atom is 0.335 e. The molecule has 0 radical (unpaired) electrons. The van der Waals surface area contributed by atoms with E-state index in [2.05, 4.69) is 5.10 Å². The van der Waals surface area contributed by atoms with Gasteiger partial charge in [-0.15, -0.1) is 0 Å². The Morgan fingerprint density at radius 1 is 1.53 bits per heavy atom. The Bertz CT molecular complexity index is 419. The van der Waals surface area contributed by atoms with E-state index in [1.807, 2.05) is 0 Å². The summed E-state index contributed by atoms with van der Waals surface area (Å²) in [5.41, 5.74) is 0.711. The first kappa shape index (κ1) is 12.0. The van der Waals surface area contributed by atoms with Crippen LogP contribution < -0.4 is 0 Å². The van der Waals surface area contributed by atoms with E-state index in [0.717, 1.165) is 0 Å². The van der Waals surface area contributed by atoms with Gasteiger partial charge < -0.3 is 20.1 Å². The van der Waals surface area contributed by atoms with Crippen molar-refractivity contribution >= 4 is 5.97 Å². The third-order valence-corrected chi connectivity index (χ3v) is 2.92. The topological polar surface area (TPSA) is 105 Å². The van der Waals surface area contributed by atoms with Gasteiger partial charge in [0, 0.05) is 19.2 Å². The van der Waals surface area contributed by atoms with Crippen molar-refractivity contribution in [2.24, 2.45) is 7.05 Å². The summed E-state index contributed by atoms with van der Waals surface area (Å²) in [6, 6.07) is 0. The van der Waals surface area contributed by atoms with Gasteiger partial charge in [-0.05, 0) is 5.56 Å². The Labute approximate surface area is 97.2 Å². The number of aliphatic hydroxyl groups excluding tert-OH is 2. The second-order valence-corrected chi connectivity index (χ2v) is 4.13. The molecule has 1 aliphatic heterocycles. The quantitative estimate of drug-likeness (QED) is 0.596. The highest BCUT2D eigenvalue weighted by atomic mass is 16.5. The highest BCUT2D eigenvalue weighted by molar-refractivity contribution is 5.73. The van der Waals surface area contributed by atoms with Crippen molar-refractivity contribution in [3.05, 3.63) is 18.0 Å². The highest BCUT2D eigenvalue weighted by Gasteiger charge is 2.42. The van der Waals surface area contributed by atoms with Crippen LogP contribution in [0.25, 0.3) is 0 Å². The van der Waals surface area contributed by atoms with E-state index in [9.17, 15) is 15.0 Å². The molecule has 17 heavy (non-hydrogen) atoms. The van der Waals surface area contributed by atoms with Crippen LogP contribution in [0.1, 0.15) is 11.5 Å². The fourth-order valence-electron chi connectivity index (χ4n) is 1.96. The number of hydrogen-bond donors (Lipinski definition) is 3. The number of carboxylic acids is 1. The van der Waals surface area contributed by atoms with Gasteiger partial charge in [0.15, 0.2) is 6.10 Å². The van der Waals surface area contributed by atoms with Crippen LogP contribution in [0.3, 0.4) is 0 Å². The number of rotatable bonds is 2. The van der Waals surface area contributed by atoms with Gasteiger partial charge in [-0.3, -0.25) is 4.68 Å². The van der Waals surface area contributed by atoms with Crippen LogP contribution in [0.15, 0.2) is 12.4 Å². The highest BCUT2D eigenvalue weighted by Crippen LogP contribution is 2.28. The molecule has 1 saturated heterocycles. The SMILES string of the molecule is Cn1cc([C@@H]2CO[C@H](C(=O)O)[C@H](O)[C@@H]2O)cn1. The molecule has 3 N–H and O–H groups in total. The summed E-state index contributed by atoms with van der Waals surface area (Å²) in [4.78, 5) is 10.7. The third kappa shape index (κ3) is 2.17. The van der Waals surface area contributed by atoms with Crippen molar-refractivity contribution in [1.82, 2.24) is 9.78 Å². The molecule has 0 aromatic carbocycles. The number of ether oxygens (including phenoxy) is 1. The van der Waals surface area contributed by atoms with E-state index in [4.69, 9.17) is 9.84 Å². The predicted molar refractivity (Wildman–Crippen MR) is 55.3 cm³/mol. The van der Waals surface area contributed by atoms with Crippen molar-refractivity contribution in [2.45, 2.75) is 24.2 Å². The maximum absolute atomic E-state index is 10.7. The van der Waals surface area contributed by atoms with Gasteiger partial charge in [0.2, 0.25) is 0 Å². The summed E-state index contributed by atoms with van der Waals surface area (Å²) in [6.07, 6.45) is -0.728. The van der Waals surface area contributed by atoms with E-state index < -0.39 is 30.2 Å². The monoisotopic (exact) mass is 242 g/mol. The Morgan fingerprint density at radius 2 is 2.24 bits per heavy atom. The molecule has 0 unspecified atom stereocenters. The lowest BCUT2D eigenvalue weighted by molar-refractivity contribution is -0.181. The Kier molecular flexibility index (Phi) is 3.14. The lowest BCUT2D eigenvalue weighted by Gasteiger charge is -2.35. The molecule has 2 rings (SSSR count). The van der Waals surface area contributed by atoms with Gasteiger partial charge in [-0.25, -0.2) is 4.79 Å². The summed E-state index contributed by atoms with van der Waals surface area (Å²) < 4.78 is 6.62. The van der Waals surface area contributed by atoms with Crippen molar-refractivity contribution in [2.75, 3.05) is 6.61 Å². The molecule has 1 fully saturated rings. The third-order valence-electron chi connectivity index (χ3n) is 2.92. The molecule has 1 aromatic heterocycles. The fourth-order valence-corrected chi connectivity index (χ4v) is 1.96. The number of aromatic nitrogens is 2. The first-order valence-corrected chi connectivity index (χ1v) is 5.20. The summed E-state index contributed by atoms with van der Waals surface area (Å²) in [5.74, 6) is -1.74. The standard InChI is InChI=1S/C10H14N2O5/c1-12-3-5(2-11-12)6-4-17-9(10(15)16)8(14)7(6)13/h2-3,6-9,13-14H,4H2,1H3,(H,15,16)/t6-,7+,8+,9-/m0/s1. The molecule has 94 valence electrons. The minimum Gasteiger partial charge on any atom is -0.479 e.